The SMILES string of the molecule is CCN(CC)C(=O)c1ccc(Oc2ccccc2C(C)C)cc1. The normalized spacial score (nSPS) is 10.7. The summed E-state index contributed by atoms with van der Waals surface area (Å²) in [5.74, 6) is 2.07. The molecule has 0 atom stereocenters. The third-order valence-electron chi connectivity index (χ3n) is 3.92. The second-order valence-corrected chi connectivity index (χ2v) is 5.80. The number of hydrogen-bond acceptors (Lipinski definition) is 2. The topological polar surface area (TPSA) is 29.5 Å². The highest BCUT2D eigenvalue weighted by Gasteiger charge is 2.13. The van der Waals surface area contributed by atoms with E-state index in [1.165, 1.54) is 5.56 Å². The first-order valence-electron chi connectivity index (χ1n) is 8.22. The summed E-state index contributed by atoms with van der Waals surface area (Å²) in [7, 11) is 0. The van der Waals surface area contributed by atoms with Gasteiger partial charge in [0.05, 0.1) is 0 Å². The molecule has 1 amide bonds. The van der Waals surface area contributed by atoms with Crippen LogP contribution in [0, 0.1) is 0 Å². The van der Waals surface area contributed by atoms with Gasteiger partial charge in [-0.2, -0.15) is 0 Å². The molecule has 0 saturated heterocycles. The molecule has 0 fully saturated rings. The molecule has 0 N–H and O–H groups in total. The summed E-state index contributed by atoms with van der Waals surface area (Å²) in [5.41, 5.74) is 1.87. The van der Waals surface area contributed by atoms with Crippen molar-refractivity contribution in [2.75, 3.05) is 13.1 Å². The van der Waals surface area contributed by atoms with Gasteiger partial charge in [-0.1, -0.05) is 32.0 Å². The number of amides is 1. The van der Waals surface area contributed by atoms with Crippen LogP contribution in [0.2, 0.25) is 0 Å². The Kier molecular flexibility index (Phi) is 5.80. The monoisotopic (exact) mass is 311 g/mol. The lowest BCUT2D eigenvalue weighted by atomic mass is 10.0. The van der Waals surface area contributed by atoms with Crippen LogP contribution >= 0.6 is 0 Å². The molecule has 0 aromatic heterocycles. The van der Waals surface area contributed by atoms with Gasteiger partial charge in [-0.05, 0) is 55.7 Å². The molecule has 0 saturated carbocycles. The maximum Gasteiger partial charge on any atom is 0.253 e. The summed E-state index contributed by atoms with van der Waals surface area (Å²) in [6.45, 7) is 9.70. The van der Waals surface area contributed by atoms with Crippen molar-refractivity contribution in [3.8, 4) is 11.5 Å². The zero-order valence-corrected chi connectivity index (χ0v) is 14.4. The Morgan fingerprint density at radius 3 is 2.17 bits per heavy atom. The van der Waals surface area contributed by atoms with E-state index in [1.807, 2.05) is 61.2 Å². The van der Waals surface area contributed by atoms with Gasteiger partial charge in [0.1, 0.15) is 11.5 Å². The quantitative estimate of drug-likeness (QED) is 0.744. The Morgan fingerprint density at radius 2 is 1.61 bits per heavy atom. The highest BCUT2D eigenvalue weighted by atomic mass is 16.5. The van der Waals surface area contributed by atoms with E-state index in [-0.39, 0.29) is 5.91 Å². The number of ether oxygens (including phenoxy) is 1. The summed E-state index contributed by atoms with van der Waals surface area (Å²) < 4.78 is 5.99. The van der Waals surface area contributed by atoms with Crippen molar-refractivity contribution in [3.05, 3.63) is 59.7 Å². The Hall–Kier alpha value is -2.29. The molecule has 0 bridgehead atoms. The van der Waals surface area contributed by atoms with Gasteiger partial charge in [0.25, 0.3) is 5.91 Å². The van der Waals surface area contributed by atoms with E-state index >= 15 is 0 Å². The third kappa shape index (κ3) is 4.13. The van der Waals surface area contributed by atoms with Gasteiger partial charge in [-0.3, -0.25) is 4.79 Å². The summed E-state index contributed by atoms with van der Waals surface area (Å²) in [6.07, 6.45) is 0. The van der Waals surface area contributed by atoms with Crippen molar-refractivity contribution in [1.82, 2.24) is 4.90 Å². The van der Waals surface area contributed by atoms with Crippen LogP contribution in [0.4, 0.5) is 0 Å². The lowest BCUT2D eigenvalue weighted by Crippen LogP contribution is -2.30. The highest BCUT2D eigenvalue weighted by Crippen LogP contribution is 2.30. The Labute approximate surface area is 138 Å². The van der Waals surface area contributed by atoms with Crippen LogP contribution in [0.15, 0.2) is 48.5 Å². The molecular formula is C20H25NO2. The van der Waals surface area contributed by atoms with E-state index in [2.05, 4.69) is 19.9 Å². The molecule has 0 radical (unpaired) electrons. The van der Waals surface area contributed by atoms with E-state index in [1.54, 1.807) is 0 Å². The number of carbonyl (C=O) groups is 1. The van der Waals surface area contributed by atoms with Crippen molar-refractivity contribution in [2.45, 2.75) is 33.6 Å². The molecule has 2 aromatic carbocycles. The van der Waals surface area contributed by atoms with Crippen LogP contribution in [0.5, 0.6) is 11.5 Å². The largest absolute Gasteiger partial charge is 0.457 e. The van der Waals surface area contributed by atoms with Gasteiger partial charge >= 0.3 is 0 Å². The number of rotatable bonds is 6. The van der Waals surface area contributed by atoms with E-state index in [9.17, 15) is 4.79 Å². The maximum atomic E-state index is 12.3. The average molecular weight is 311 g/mol. The fourth-order valence-electron chi connectivity index (χ4n) is 2.54. The molecule has 0 heterocycles. The van der Waals surface area contributed by atoms with Gasteiger partial charge < -0.3 is 9.64 Å². The van der Waals surface area contributed by atoms with Gasteiger partial charge in [0, 0.05) is 18.7 Å². The fourth-order valence-corrected chi connectivity index (χ4v) is 2.54. The summed E-state index contributed by atoms with van der Waals surface area (Å²) in [5, 5.41) is 0. The first-order valence-corrected chi connectivity index (χ1v) is 8.22. The standard InChI is InChI=1S/C20H25NO2/c1-5-21(6-2)20(22)16-11-13-17(14-12-16)23-19-10-8-7-9-18(19)15(3)4/h7-15H,5-6H2,1-4H3. The highest BCUT2D eigenvalue weighted by molar-refractivity contribution is 5.94. The van der Waals surface area contributed by atoms with Gasteiger partial charge in [-0.15, -0.1) is 0 Å². The molecule has 0 unspecified atom stereocenters. The van der Waals surface area contributed by atoms with Crippen LogP contribution in [-0.4, -0.2) is 23.9 Å². The van der Waals surface area contributed by atoms with Gasteiger partial charge in [-0.25, -0.2) is 0 Å². The van der Waals surface area contributed by atoms with Crippen molar-refractivity contribution in [3.63, 3.8) is 0 Å². The molecule has 3 heteroatoms. The Bertz CT molecular complexity index is 643. The number of hydrogen-bond donors (Lipinski definition) is 0. The first kappa shape index (κ1) is 17.1. The summed E-state index contributed by atoms with van der Waals surface area (Å²) in [6, 6.07) is 15.4. The predicted octanol–water partition coefficient (Wildman–Crippen LogP) is 5.08. The minimum atomic E-state index is 0.0594. The Morgan fingerprint density at radius 1 is 1.00 bits per heavy atom. The van der Waals surface area contributed by atoms with Crippen molar-refractivity contribution in [1.29, 1.82) is 0 Å². The van der Waals surface area contributed by atoms with Crippen LogP contribution in [-0.2, 0) is 0 Å². The van der Waals surface area contributed by atoms with Crippen LogP contribution in [0.1, 0.15) is 49.5 Å². The molecule has 2 rings (SSSR count). The molecule has 0 aliphatic carbocycles. The smallest absolute Gasteiger partial charge is 0.253 e. The maximum absolute atomic E-state index is 12.3. The average Bonchev–Trinajstić information content (AvgIpc) is 2.57. The molecule has 122 valence electrons. The Balaban J connectivity index is 2.16. The molecule has 0 aliphatic rings. The minimum Gasteiger partial charge on any atom is -0.457 e. The predicted molar refractivity (Wildman–Crippen MR) is 94.3 cm³/mol. The van der Waals surface area contributed by atoms with Crippen molar-refractivity contribution >= 4 is 5.91 Å². The van der Waals surface area contributed by atoms with E-state index in [0.29, 0.717) is 11.5 Å². The van der Waals surface area contributed by atoms with Gasteiger partial charge in [0.2, 0.25) is 0 Å². The first-order chi connectivity index (χ1) is 11.1. The number of para-hydroxylation sites is 1. The third-order valence-corrected chi connectivity index (χ3v) is 3.92. The van der Waals surface area contributed by atoms with Crippen LogP contribution in [0.3, 0.4) is 0 Å². The molecule has 0 aliphatic heterocycles. The number of carbonyl (C=O) groups excluding carboxylic acids is 1. The van der Waals surface area contributed by atoms with Crippen molar-refractivity contribution < 1.29 is 9.53 Å². The minimum absolute atomic E-state index is 0.0594. The lowest BCUT2D eigenvalue weighted by Gasteiger charge is -2.19. The number of nitrogens with zero attached hydrogens (tertiary/aromatic N) is 1. The molecule has 0 spiro atoms. The van der Waals surface area contributed by atoms with E-state index in [4.69, 9.17) is 4.74 Å². The van der Waals surface area contributed by atoms with Crippen molar-refractivity contribution in [2.24, 2.45) is 0 Å². The molecule has 23 heavy (non-hydrogen) atoms. The second kappa shape index (κ2) is 7.82. The molecule has 3 nitrogen and oxygen atoms in total. The molecular weight excluding hydrogens is 286 g/mol. The van der Waals surface area contributed by atoms with Gasteiger partial charge in [0.15, 0.2) is 0 Å². The van der Waals surface area contributed by atoms with E-state index < -0.39 is 0 Å². The van der Waals surface area contributed by atoms with Crippen LogP contribution in [0.25, 0.3) is 0 Å². The summed E-state index contributed by atoms with van der Waals surface area (Å²) >= 11 is 0. The molecule has 2 aromatic rings. The zero-order valence-electron chi connectivity index (χ0n) is 14.4. The van der Waals surface area contributed by atoms with Crippen LogP contribution < -0.4 is 4.74 Å². The number of benzene rings is 2. The fraction of sp³-hybridized carbons (Fsp3) is 0.350. The summed E-state index contributed by atoms with van der Waals surface area (Å²) in [4.78, 5) is 14.1. The lowest BCUT2D eigenvalue weighted by molar-refractivity contribution is 0.0773. The van der Waals surface area contributed by atoms with E-state index in [0.717, 1.165) is 24.6 Å². The zero-order chi connectivity index (χ0) is 16.8. The second-order valence-electron chi connectivity index (χ2n) is 5.80.